The summed E-state index contributed by atoms with van der Waals surface area (Å²) in [6.45, 7) is 1.76. The van der Waals surface area contributed by atoms with Crippen molar-refractivity contribution in [1.82, 2.24) is 10.2 Å². The third-order valence-electron chi connectivity index (χ3n) is 2.56. The number of halogens is 1. The Bertz CT molecular complexity index is 629. The summed E-state index contributed by atoms with van der Waals surface area (Å²) in [5.41, 5.74) is 3.94. The molecule has 0 aliphatic rings. The standard InChI is InChI=1S/C13H13ClN4O2/c1-8(10-4-3-9(20-2)7-11(10)19)15-17-13-6-5-12(14)16-18-13/h3-7,19H,1-2H3,(H,17,18). The normalized spacial score (nSPS) is 11.2. The van der Waals surface area contributed by atoms with Crippen LogP contribution in [-0.4, -0.2) is 28.1 Å². The van der Waals surface area contributed by atoms with Crippen LogP contribution in [0.3, 0.4) is 0 Å². The van der Waals surface area contributed by atoms with Gasteiger partial charge in [-0.15, -0.1) is 10.2 Å². The molecule has 0 aliphatic carbocycles. The van der Waals surface area contributed by atoms with Crippen molar-refractivity contribution in [2.45, 2.75) is 6.92 Å². The lowest BCUT2D eigenvalue weighted by Gasteiger charge is -2.07. The van der Waals surface area contributed by atoms with Crippen molar-refractivity contribution in [3.8, 4) is 11.5 Å². The lowest BCUT2D eigenvalue weighted by atomic mass is 10.1. The van der Waals surface area contributed by atoms with Crippen LogP contribution in [0.2, 0.25) is 5.15 Å². The van der Waals surface area contributed by atoms with Crippen molar-refractivity contribution in [2.24, 2.45) is 5.10 Å². The van der Waals surface area contributed by atoms with Crippen LogP contribution in [0.15, 0.2) is 35.4 Å². The fourth-order valence-corrected chi connectivity index (χ4v) is 1.62. The molecule has 104 valence electrons. The number of ether oxygens (including phenoxy) is 1. The Labute approximate surface area is 121 Å². The van der Waals surface area contributed by atoms with Crippen LogP contribution in [0.1, 0.15) is 12.5 Å². The SMILES string of the molecule is COc1ccc(C(C)=NNc2ccc(Cl)nn2)c(O)c1. The number of nitrogens with one attached hydrogen (secondary N) is 1. The molecule has 0 unspecified atom stereocenters. The molecule has 0 radical (unpaired) electrons. The maximum Gasteiger partial charge on any atom is 0.168 e. The summed E-state index contributed by atoms with van der Waals surface area (Å²) in [4.78, 5) is 0. The maximum atomic E-state index is 9.89. The Morgan fingerprint density at radius 3 is 2.70 bits per heavy atom. The molecule has 0 spiro atoms. The molecule has 0 saturated carbocycles. The molecule has 0 aliphatic heterocycles. The lowest BCUT2D eigenvalue weighted by Crippen LogP contribution is -2.02. The third-order valence-corrected chi connectivity index (χ3v) is 2.77. The highest BCUT2D eigenvalue weighted by Gasteiger charge is 2.06. The van der Waals surface area contributed by atoms with Gasteiger partial charge in [0.2, 0.25) is 0 Å². The second-order valence-electron chi connectivity index (χ2n) is 3.93. The van der Waals surface area contributed by atoms with Crippen molar-refractivity contribution >= 4 is 23.1 Å². The first-order chi connectivity index (χ1) is 9.60. The van der Waals surface area contributed by atoms with Crippen LogP contribution in [-0.2, 0) is 0 Å². The number of hydrogen-bond donors (Lipinski definition) is 2. The molecule has 20 heavy (non-hydrogen) atoms. The summed E-state index contributed by atoms with van der Waals surface area (Å²) in [6.07, 6.45) is 0. The van der Waals surface area contributed by atoms with Gasteiger partial charge < -0.3 is 9.84 Å². The number of hydrogen-bond acceptors (Lipinski definition) is 6. The molecule has 2 N–H and O–H groups in total. The summed E-state index contributed by atoms with van der Waals surface area (Å²) >= 11 is 5.64. The second-order valence-corrected chi connectivity index (χ2v) is 4.32. The van der Waals surface area contributed by atoms with Crippen LogP contribution >= 0.6 is 11.6 Å². The van der Waals surface area contributed by atoms with Crippen molar-refractivity contribution in [2.75, 3.05) is 12.5 Å². The third kappa shape index (κ3) is 3.36. The number of rotatable bonds is 4. The van der Waals surface area contributed by atoms with Gasteiger partial charge in [0.1, 0.15) is 11.5 Å². The van der Waals surface area contributed by atoms with E-state index in [0.717, 1.165) is 0 Å². The highest BCUT2D eigenvalue weighted by atomic mass is 35.5. The Morgan fingerprint density at radius 2 is 2.10 bits per heavy atom. The largest absolute Gasteiger partial charge is 0.507 e. The molecule has 1 heterocycles. The van der Waals surface area contributed by atoms with Gasteiger partial charge in [-0.2, -0.15) is 5.10 Å². The van der Waals surface area contributed by atoms with Gasteiger partial charge in [-0.3, -0.25) is 5.43 Å². The summed E-state index contributed by atoms with van der Waals surface area (Å²) < 4.78 is 5.02. The highest BCUT2D eigenvalue weighted by molar-refractivity contribution is 6.29. The monoisotopic (exact) mass is 292 g/mol. The van der Waals surface area contributed by atoms with E-state index in [1.165, 1.54) is 13.2 Å². The summed E-state index contributed by atoms with van der Waals surface area (Å²) in [7, 11) is 1.54. The van der Waals surface area contributed by atoms with Gasteiger partial charge in [0.05, 0.1) is 12.8 Å². The van der Waals surface area contributed by atoms with Crippen molar-refractivity contribution < 1.29 is 9.84 Å². The zero-order chi connectivity index (χ0) is 14.5. The molecule has 2 aromatic rings. The van der Waals surface area contributed by atoms with Gasteiger partial charge in [0.15, 0.2) is 11.0 Å². The predicted molar refractivity (Wildman–Crippen MR) is 77.5 cm³/mol. The minimum Gasteiger partial charge on any atom is -0.507 e. The van der Waals surface area contributed by atoms with E-state index in [4.69, 9.17) is 16.3 Å². The van der Waals surface area contributed by atoms with Crippen molar-refractivity contribution in [1.29, 1.82) is 0 Å². The number of aromatic hydroxyl groups is 1. The Hall–Kier alpha value is -2.34. The minimum absolute atomic E-state index is 0.0922. The summed E-state index contributed by atoms with van der Waals surface area (Å²) in [5, 5.41) is 21.8. The molecule has 6 nitrogen and oxygen atoms in total. The molecule has 1 aromatic carbocycles. The van der Waals surface area contributed by atoms with E-state index in [0.29, 0.717) is 28.0 Å². The van der Waals surface area contributed by atoms with Gasteiger partial charge in [-0.25, -0.2) is 0 Å². The number of benzene rings is 1. The molecular weight excluding hydrogens is 280 g/mol. The number of hydrazone groups is 1. The summed E-state index contributed by atoms with van der Waals surface area (Å²) in [6, 6.07) is 8.25. The molecule has 0 fully saturated rings. The zero-order valence-electron chi connectivity index (χ0n) is 11.0. The second kappa shape index (κ2) is 6.21. The minimum atomic E-state index is 0.0922. The molecule has 0 amide bonds. The van der Waals surface area contributed by atoms with E-state index in [9.17, 15) is 5.11 Å². The number of anilines is 1. The first-order valence-corrected chi connectivity index (χ1v) is 6.15. The Kier molecular flexibility index (Phi) is 4.37. The first-order valence-electron chi connectivity index (χ1n) is 5.77. The van der Waals surface area contributed by atoms with E-state index >= 15 is 0 Å². The lowest BCUT2D eigenvalue weighted by molar-refractivity contribution is 0.407. The van der Waals surface area contributed by atoms with Crippen molar-refractivity contribution in [3.63, 3.8) is 0 Å². The van der Waals surface area contributed by atoms with Crippen LogP contribution < -0.4 is 10.2 Å². The molecule has 7 heteroatoms. The average Bonchev–Trinajstić information content (AvgIpc) is 2.46. The number of aromatic nitrogens is 2. The van der Waals surface area contributed by atoms with Crippen LogP contribution in [0.5, 0.6) is 11.5 Å². The molecule has 0 atom stereocenters. The van der Waals surface area contributed by atoms with Gasteiger partial charge in [-0.05, 0) is 31.2 Å². The number of phenols is 1. The number of methoxy groups -OCH3 is 1. The van der Waals surface area contributed by atoms with Gasteiger partial charge in [-0.1, -0.05) is 11.6 Å². The van der Waals surface area contributed by atoms with Crippen LogP contribution in [0.4, 0.5) is 5.82 Å². The quantitative estimate of drug-likeness (QED) is 0.669. The zero-order valence-corrected chi connectivity index (χ0v) is 11.7. The van der Waals surface area contributed by atoms with Crippen LogP contribution in [0.25, 0.3) is 0 Å². The molecule has 0 saturated heterocycles. The van der Waals surface area contributed by atoms with E-state index in [1.54, 1.807) is 31.2 Å². The molecule has 0 bridgehead atoms. The fraction of sp³-hybridized carbons (Fsp3) is 0.154. The Balaban J connectivity index is 2.16. The first kappa shape index (κ1) is 14.1. The van der Waals surface area contributed by atoms with Gasteiger partial charge in [0, 0.05) is 11.6 Å². The van der Waals surface area contributed by atoms with E-state index in [1.807, 2.05) is 0 Å². The molecule has 2 rings (SSSR count). The fourth-order valence-electron chi connectivity index (χ4n) is 1.52. The topological polar surface area (TPSA) is 79.6 Å². The summed E-state index contributed by atoms with van der Waals surface area (Å²) in [5.74, 6) is 1.13. The number of nitrogens with zero attached hydrogens (tertiary/aromatic N) is 3. The Morgan fingerprint density at radius 1 is 1.30 bits per heavy atom. The molecule has 1 aromatic heterocycles. The predicted octanol–water partition coefficient (Wildman–Crippen LogP) is 2.68. The number of phenolic OH excluding ortho intramolecular Hbond substituents is 1. The van der Waals surface area contributed by atoms with E-state index < -0.39 is 0 Å². The van der Waals surface area contributed by atoms with E-state index in [2.05, 4.69) is 20.7 Å². The molecular formula is C13H13ClN4O2. The van der Waals surface area contributed by atoms with E-state index in [-0.39, 0.29) is 5.75 Å². The highest BCUT2D eigenvalue weighted by Crippen LogP contribution is 2.24. The smallest absolute Gasteiger partial charge is 0.168 e. The van der Waals surface area contributed by atoms with Crippen molar-refractivity contribution in [3.05, 3.63) is 41.0 Å². The van der Waals surface area contributed by atoms with Gasteiger partial charge in [0.25, 0.3) is 0 Å². The van der Waals surface area contributed by atoms with Gasteiger partial charge >= 0.3 is 0 Å². The average molecular weight is 293 g/mol. The van der Waals surface area contributed by atoms with Crippen LogP contribution in [0, 0.1) is 0 Å². The maximum absolute atomic E-state index is 9.89.